The molecule has 4 rings (SSSR count). The second kappa shape index (κ2) is 9.57. The first-order chi connectivity index (χ1) is 14.2. The molecule has 4 atom stereocenters. The highest BCUT2D eigenvalue weighted by Gasteiger charge is 2.36. The van der Waals surface area contributed by atoms with Crippen LogP contribution in [0.5, 0.6) is 5.75 Å². The number of piperidine rings is 1. The van der Waals surface area contributed by atoms with Crippen LogP contribution >= 0.6 is 11.6 Å². The standard InChI is InChI=1S/C23H35ClN4O/c1-29-22-13-12-17(24)15-20(22)27-23(26-19-10-4-3-9-18(19)25)28-14-6-8-16-7-2-5-11-21(16)28/h12-13,15-16,18-19,21H,2-11,14,25H2,1H3,(H,26,27)/t16?,18-,19-,21?/m0/s1. The summed E-state index contributed by atoms with van der Waals surface area (Å²) in [4.78, 5) is 7.78. The van der Waals surface area contributed by atoms with Gasteiger partial charge in [-0.3, -0.25) is 0 Å². The number of aliphatic imine (C=N–C) groups is 1. The first kappa shape index (κ1) is 20.8. The lowest BCUT2D eigenvalue weighted by molar-refractivity contribution is 0.118. The van der Waals surface area contributed by atoms with E-state index < -0.39 is 0 Å². The SMILES string of the molecule is COc1ccc(Cl)cc1NC(=N[C@H]1CCCC[C@@H]1N)N1CCCC2CCCCC21. The maximum Gasteiger partial charge on any atom is 0.199 e. The van der Waals surface area contributed by atoms with Crippen LogP contribution in [0, 0.1) is 5.92 Å². The van der Waals surface area contributed by atoms with Gasteiger partial charge in [0.1, 0.15) is 5.75 Å². The van der Waals surface area contributed by atoms with Crippen molar-refractivity contribution in [3.05, 3.63) is 23.2 Å². The number of anilines is 1. The number of hydrogen-bond acceptors (Lipinski definition) is 3. The Balaban J connectivity index is 1.66. The van der Waals surface area contributed by atoms with Crippen LogP contribution < -0.4 is 15.8 Å². The van der Waals surface area contributed by atoms with Crippen molar-refractivity contribution in [3.63, 3.8) is 0 Å². The summed E-state index contributed by atoms with van der Waals surface area (Å²) < 4.78 is 5.59. The average molecular weight is 419 g/mol. The molecule has 5 nitrogen and oxygen atoms in total. The lowest BCUT2D eigenvalue weighted by Gasteiger charge is -2.46. The van der Waals surface area contributed by atoms with Crippen molar-refractivity contribution < 1.29 is 4.74 Å². The van der Waals surface area contributed by atoms with Crippen LogP contribution in [-0.2, 0) is 0 Å². The van der Waals surface area contributed by atoms with E-state index in [2.05, 4.69) is 10.2 Å². The molecule has 0 spiro atoms. The van der Waals surface area contributed by atoms with Crippen LogP contribution in [0.3, 0.4) is 0 Å². The van der Waals surface area contributed by atoms with Crippen molar-refractivity contribution in [1.82, 2.24) is 4.90 Å². The Morgan fingerprint density at radius 1 is 1.10 bits per heavy atom. The van der Waals surface area contributed by atoms with E-state index in [1.165, 1.54) is 51.4 Å². The Kier molecular flexibility index (Phi) is 6.86. The zero-order chi connectivity index (χ0) is 20.2. The summed E-state index contributed by atoms with van der Waals surface area (Å²) in [6, 6.07) is 6.60. The third kappa shape index (κ3) is 4.83. The van der Waals surface area contributed by atoms with Crippen LogP contribution in [0.25, 0.3) is 0 Å². The van der Waals surface area contributed by atoms with Gasteiger partial charge in [-0.15, -0.1) is 0 Å². The minimum atomic E-state index is 0.147. The number of benzene rings is 1. The van der Waals surface area contributed by atoms with Gasteiger partial charge in [0.15, 0.2) is 5.96 Å². The number of nitrogens with two attached hydrogens (primary N) is 1. The summed E-state index contributed by atoms with van der Waals surface area (Å²) in [5.41, 5.74) is 7.34. The highest BCUT2D eigenvalue weighted by molar-refractivity contribution is 6.31. The second-order valence-electron chi connectivity index (χ2n) is 8.89. The lowest BCUT2D eigenvalue weighted by atomic mass is 9.78. The number of likely N-dealkylation sites (tertiary alicyclic amines) is 1. The fourth-order valence-electron chi connectivity index (χ4n) is 5.42. The summed E-state index contributed by atoms with van der Waals surface area (Å²) in [5, 5.41) is 4.31. The predicted molar refractivity (Wildman–Crippen MR) is 121 cm³/mol. The van der Waals surface area contributed by atoms with Crippen LogP contribution in [-0.4, -0.2) is 42.6 Å². The number of nitrogens with zero attached hydrogens (tertiary/aromatic N) is 2. The number of rotatable bonds is 3. The molecule has 1 heterocycles. The van der Waals surface area contributed by atoms with E-state index in [1.54, 1.807) is 7.11 Å². The fraction of sp³-hybridized carbons (Fsp3) is 0.696. The Morgan fingerprint density at radius 2 is 1.86 bits per heavy atom. The zero-order valence-electron chi connectivity index (χ0n) is 17.6. The molecule has 3 aliphatic rings. The highest BCUT2D eigenvalue weighted by atomic mass is 35.5. The van der Waals surface area contributed by atoms with E-state index in [9.17, 15) is 0 Å². The second-order valence-corrected chi connectivity index (χ2v) is 9.32. The van der Waals surface area contributed by atoms with Crippen LogP contribution in [0.4, 0.5) is 5.69 Å². The van der Waals surface area contributed by atoms with Gasteiger partial charge in [0.2, 0.25) is 0 Å². The molecule has 1 saturated heterocycles. The van der Waals surface area contributed by atoms with Gasteiger partial charge in [0, 0.05) is 23.7 Å². The molecule has 160 valence electrons. The van der Waals surface area contributed by atoms with Gasteiger partial charge in [0.05, 0.1) is 18.8 Å². The number of fused-ring (bicyclic) bond motifs is 1. The van der Waals surface area contributed by atoms with E-state index in [1.807, 2.05) is 18.2 Å². The van der Waals surface area contributed by atoms with Crippen molar-refractivity contribution in [2.45, 2.75) is 82.3 Å². The molecule has 2 unspecified atom stereocenters. The van der Waals surface area contributed by atoms with Crippen molar-refractivity contribution in [2.75, 3.05) is 19.0 Å². The third-order valence-electron chi connectivity index (χ3n) is 6.99. The number of guanidine groups is 1. The number of hydrogen-bond donors (Lipinski definition) is 2. The monoisotopic (exact) mass is 418 g/mol. The first-order valence-electron chi connectivity index (χ1n) is 11.4. The number of nitrogens with one attached hydrogen (secondary N) is 1. The summed E-state index contributed by atoms with van der Waals surface area (Å²) in [6.07, 6.45) is 12.4. The van der Waals surface area contributed by atoms with Crippen molar-refractivity contribution in [3.8, 4) is 5.75 Å². The summed E-state index contributed by atoms with van der Waals surface area (Å²) in [6.45, 7) is 1.05. The molecule has 1 aliphatic heterocycles. The van der Waals surface area contributed by atoms with Crippen molar-refractivity contribution in [2.24, 2.45) is 16.6 Å². The van der Waals surface area contributed by atoms with E-state index >= 15 is 0 Å². The van der Waals surface area contributed by atoms with Gasteiger partial charge in [-0.2, -0.15) is 0 Å². The van der Waals surface area contributed by atoms with Crippen LogP contribution in [0.2, 0.25) is 5.02 Å². The highest BCUT2D eigenvalue weighted by Crippen LogP contribution is 2.36. The normalized spacial score (nSPS) is 30.6. The van der Waals surface area contributed by atoms with Gasteiger partial charge in [0.25, 0.3) is 0 Å². The minimum absolute atomic E-state index is 0.147. The molecule has 0 amide bonds. The lowest BCUT2D eigenvalue weighted by Crippen LogP contribution is -2.52. The Labute approximate surface area is 180 Å². The maximum atomic E-state index is 6.46. The van der Waals surface area contributed by atoms with Gasteiger partial charge in [-0.25, -0.2) is 4.99 Å². The number of methoxy groups -OCH3 is 1. The van der Waals surface area contributed by atoms with Crippen LogP contribution in [0.1, 0.15) is 64.2 Å². The summed E-state index contributed by atoms with van der Waals surface area (Å²) in [7, 11) is 1.69. The quantitative estimate of drug-likeness (QED) is 0.533. The van der Waals surface area contributed by atoms with Gasteiger partial charge in [-0.1, -0.05) is 37.3 Å². The molecule has 1 aromatic carbocycles. The molecule has 0 bridgehead atoms. The molecule has 0 aromatic heterocycles. The van der Waals surface area contributed by atoms with Crippen molar-refractivity contribution in [1.29, 1.82) is 0 Å². The van der Waals surface area contributed by atoms with Gasteiger partial charge >= 0.3 is 0 Å². The number of ether oxygens (including phenoxy) is 1. The van der Waals surface area contributed by atoms with E-state index in [-0.39, 0.29) is 12.1 Å². The van der Waals surface area contributed by atoms with Gasteiger partial charge in [-0.05, 0) is 62.6 Å². The summed E-state index contributed by atoms with van der Waals surface area (Å²) in [5.74, 6) is 2.53. The molecule has 6 heteroatoms. The smallest absolute Gasteiger partial charge is 0.199 e. The molecular weight excluding hydrogens is 384 g/mol. The molecular formula is C23H35ClN4O. The van der Waals surface area contributed by atoms with Crippen LogP contribution in [0.15, 0.2) is 23.2 Å². The van der Waals surface area contributed by atoms with E-state index in [0.29, 0.717) is 11.1 Å². The largest absolute Gasteiger partial charge is 0.495 e. The average Bonchev–Trinajstić information content (AvgIpc) is 2.74. The molecule has 0 radical (unpaired) electrons. The Bertz CT molecular complexity index is 723. The van der Waals surface area contributed by atoms with Gasteiger partial charge < -0.3 is 20.7 Å². The molecule has 29 heavy (non-hydrogen) atoms. The zero-order valence-corrected chi connectivity index (χ0v) is 18.3. The third-order valence-corrected chi connectivity index (χ3v) is 7.23. The number of halogens is 1. The first-order valence-corrected chi connectivity index (χ1v) is 11.7. The summed E-state index contributed by atoms with van der Waals surface area (Å²) >= 11 is 6.30. The van der Waals surface area contributed by atoms with Crippen molar-refractivity contribution >= 4 is 23.2 Å². The fourth-order valence-corrected chi connectivity index (χ4v) is 5.59. The maximum absolute atomic E-state index is 6.46. The Morgan fingerprint density at radius 3 is 2.69 bits per heavy atom. The topological polar surface area (TPSA) is 62.9 Å². The molecule has 2 saturated carbocycles. The molecule has 2 aliphatic carbocycles. The molecule has 3 fully saturated rings. The predicted octanol–water partition coefficient (Wildman–Crippen LogP) is 5.04. The Hall–Kier alpha value is -1.46. The van der Waals surface area contributed by atoms with E-state index in [4.69, 9.17) is 27.1 Å². The van der Waals surface area contributed by atoms with E-state index in [0.717, 1.165) is 42.7 Å². The molecule has 1 aromatic rings. The minimum Gasteiger partial charge on any atom is -0.495 e. The molecule has 3 N–H and O–H groups in total.